The van der Waals surface area contributed by atoms with Gasteiger partial charge in [-0.25, -0.2) is 9.18 Å². The molecule has 1 heterocycles. The third-order valence-corrected chi connectivity index (χ3v) is 6.66. The molecule has 35 heavy (non-hydrogen) atoms. The predicted octanol–water partition coefficient (Wildman–Crippen LogP) is 2.02. The summed E-state index contributed by atoms with van der Waals surface area (Å²) < 4.78 is 24.8. The zero-order valence-electron chi connectivity index (χ0n) is 19.7. The smallest absolute Gasteiger partial charge is 0.332 e. The third kappa shape index (κ3) is 6.27. The van der Waals surface area contributed by atoms with Crippen molar-refractivity contribution in [1.29, 1.82) is 0 Å². The number of carbonyl (C=O) groups is 4. The Balaban J connectivity index is 1.81. The summed E-state index contributed by atoms with van der Waals surface area (Å²) in [4.78, 5) is 49.3. The van der Waals surface area contributed by atoms with Gasteiger partial charge in [-0.3, -0.25) is 14.4 Å². The van der Waals surface area contributed by atoms with Crippen molar-refractivity contribution >= 4 is 29.9 Å². The first-order chi connectivity index (χ1) is 16.6. The fourth-order valence-electron chi connectivity index (χ4n) is 4.68. The first-order valence-corrected chi connectivity index (χ1v) is 11.7. The Labute approximate surface area is 202 Å². The number of ether oxygens (including phenoxy) is 2. The Kier molecular flexibility index (Phi) is 8.66. The molecule has 0 spiro atoms. The number of aromatic hydroxyl groups is 1. The standard InChI is InChI=1S/C24H31FN2O8/c1-12-19(27-22(31)16-9-15(25)10-18(21(16)30)26-11-28)24(33)35-13(2)20(29)17(23(32)34-12)8-14-6-4-3-5-7-14/h9-14,17,19-20,29-30H,3-8H2,1-2H3,(H,26,28)(H,27,31)/t12-,13+,17-,19+,20+/m1/s1. The average molecular weight is 495 g/mol. The van der Waals surface area contributed by atoms with E-state index in [2.05, 4.69) is 10.6 Å². The van der Waals surface area contributed by atoms with E-state index >= 15 is 0 Å². The molecular formula is C24H31FN2O8. The van der Waals surface area contributed by atoms with Crippen LogP contribution in [0.2, 0.25) is 0 Å². The van der Waals surface area contributed by atoms with Gasteiger partial charge in [0.15, 0.2) is 11.8 Å². The molecule has 192 valence electrons. The van der Waals surface area contributed by atoms with E-state index in [1.165, 1.54) is 13.8 Å². The van der Waals surface area contributed by atoms with Gasteiger partial charge < -0.3 is 30.3 Å². The molecule has 1 aliphatic carbocycles. The van der Waals surface area contributed by atoms with Gasteiger partial charge in [0.1, 0.15) is 24.1 Å². The number of phenolic OH excluding ortho intramolecular Hbond substituents is 1. The van der Waals surface area contributed by atoms with Crippen molar-refractivity contribution in [2.45, 2.75) is 76.7 Å². The van der Waals surface area contributed by atoms with Gasteiger partial charge in [0.2, 0.25) is 6.41 Å². The lowest BCUT2D eigenvalue weighted by Gasteiger charge is -2.29. The lowest BCUT2D eigenvalue weighted by Crippen LogP contribution is -2.50. The summed E-state index contributed by atoms with van der Waals surface area (Å²) in [5.41, 5.74) is -0.896. The number of aliphatic hydroxyl groups is 1. The highest BCUT2D eigenvalue weighted by atomic mass is 19.1. The number of hydrogen-bond acceptors (Lipinski definition) is 8. The van der Waals surface area contributed by atoms with E-state index in [1.54, 1.807) is 0 Å². The van der Waals surface area contributed by atoms with Crippen LogP contribution in [0.1, 0.15) is 62.7 Å². The van der Waals surface area contributed by atoms with Crippen molar-refractivity contribution < 1.29 is 43.3 Å². The van der Waals surface area contributed by atoms with Gasteiger partial charge in [-0.1, -0.05) is 32.1 Å². The van der Waals surface area contributed by atoms with Gasteiger partial charge in [-0.2, -0.15) is 0 Å². The number of rotatable bonds is 6. The Morgan fingerprint density at radius 1 is 1.11 bits per heavy atom. The van der Waals surface area contributed by atoms with E-state index in [1.807, 2.05) is 0 Å². The minimum Gasteiger partial charge on any atom is -0.505 e. The molecule has 0 radical (unpaired) electrons. The van der Waals surface area contributed by atoms with Crippen molar-refractivity contribution in [3.8, 4) is 5.75 Å². The Morgan fingerprint density at radius 3 is 2.43 bits per heavy atom. The Morgan fingerprint density at radius 2 is 1.77 bits per heavy atom. The molecule has 10 nitrogen and oxygen atoms in total. The van der Waals surface area contributed by atoms with Crippen LogP contribution in [0.3, 0.4) is 0 Å². The van der Waals surface area contributed by atoms with Gasteiger partial charge in [-0.15, -0.1) is 0 Å². The minimum absolute atomic E-state index is 0.198. The number of halogens is 1. The molecule has 1 aromatic rings. The molecule has 1 saturated carbocycles. The van der Waals surface area contributed by atoms with E-state index in [9.17, 15) is 33.8 Å². The van der Waals surface area contributed by atoms with Crippen LogP contribution in [-0.2, 0) is 23.9 Å². The SMILES string of the molecule is C[C@@H]1OC(=O)[C@@H](NC(=O)c2cc(F)cc(NC=O)c2O)[C@@H](C)OC(=O)[C@H](CC2CCCCC2)[C@H]1O. The molecule has 0 bridgehead atoms. The summed E-state index contributed by atoms with van der Waals surface area (Å²) in [6, 6.07) is 0.0404. The van der Waals surface area contributed by atoms with Crippen LogP contribution in [0.15, 0.2) is 12.1 Å². The van der Waals surface area contributed by atoms with Gasteiger partial charge in [0.25, 0.3) is 5.91 Å². The van der Waals surface area contributed by atoms with Crippen LogP contribution in [0.25, 0.3) is 0 Å². The van der Waals surface area contributed by atoms with Crippen molar-refractivity contribution in [1.82, 2.24) is 5.32 Å². The van der Waals surface area contributed by atoms with E-state index in [0.717, 1.165) is 44.2 Å². The van der Waals surface area contributed by atoms with Crippen molar-refractivity contribution in [3.05, 3.63) is 23.5 Å². The molecule has 4 N–H and O–H groups in total. The van der Waals surface area contributed by atoms with Crippen LogP contribution >= 0.6 is 0 Å². The van der Waals surface area contributed by atoms with E-state index in [-0.39, 0.29) is 18.0 Å². The normalized spacial score (nSPS) is 28.1. The minimum atomic E-state index is -1.50. The van der Waals surface area contributed by atoms with Gasteiger partial charge in [-0.05, 0) is 32.3 Å². The molecule has 0 aromatic heterocycles. The predicted molar refractivity (Wildman–Crippen MR) is 121 cm³/mol. The lowest BCUT2D eigenvalue weighted by molar-refractivity contribution is -0.160. The number of hydrogen-bond donors (Lipinski definition) is 4. The van der Waals surface area contributed by atoms with E-state index in [0.29, 0.717) is 6.42 Å². The molecule has 2 aliphatic rings. The first-order valence-electron chi connectivity index (χ1n) is 11.7. The second-order valence-corrected chi connectivity index (χ2v) is 9.18. The fraction of sp³-hybridized carbons (Fsp3) is 0.583. The highest BCUT2D eigenvalue weighted by Gasteiger charge is 2.42. The Hall–Kier alpha value is -3.21. The number of amides is 2. The molecule has 2 amide bonds. The molecule has 0 unspecified atom stereocenters. The largest absolute Gasteiger partial charge is 0.505 e. The quantitative estimate of drug-likeness (QED) is 0.266. The molecule has 11 heteroatoms. The van der Waals surface area contributed by atoms with Crippen LogP contribution in [0.5, 0.6) is 5.75 Å². The molecule has 5 atom stereocenters. The maximum atomic E-state index is 13.9. The van der Waals surface area contributed by atoms with E-state index in [4.69, 9.17) is 9.47 Å². The summed E-state index contributed by atoms with van der Waals surface area (Å²) in [5.74, 6) is -5.02. The van der Waals surface area contributed by atoms with E-state index < -0.39 is 65.2 Å². The number of aliphatic hydroxyl groups excluding tert-OH is 1. The van der Waals surface area contributed by atoms with Crippen molar-refractivity contribution in [3.63, 3.8) is 0 Å². The topological polar surface area (TPSA) is 151 Å². The number of esters is 2. The summed E-state index contributed by atoms with van der Waals surface area (Å²) in [6.07, 6.45) is 2.18. The highest BCUT2D eigenvalue weighted by molar-refractivity contribution is 6.01. The van der Waals surface area contributed by atoms with Crippen LogP contribution in [0, 0.1) is 17.7 Å². The van der Waals surface area contributed by atoms with Crippen molar-refractivity contribution in [2.75, 3.05) is 5.32 Å². The molecule has 1 aliphatic heterocycles. The first kappa shape index (κ1) is 26.4. The van der Waals surface area contributed by atoms with Crippen molar-refractivity contribution in [2.24, 2.45) is 11.8 Å². The second kappa shape index (κ2) is 11.5. The maximum absolute atomic E-state index is 13.9. The van der Waals surface area contributed by atoms with Crippen LogP contribution in [-0.4, -0.2) is 58.8 Å². The monoisotopic (exact) mass is 494 g/mol. The molecular weight excluding hydrogens is 463 g/mol. The summed E-state index contributed by atoms with van der Waals surface area (Å²) >= 11 is 0. The summed E-state index contributed by atoms with van der Waals surface area (Å²) in [5, 5.41) is 25.4. The average Bonchev–Trinajstić information content (AvgIpc) is 2.84. The highest BCUT2D eigenvalue weighted by Crippen LogP contribution is 2.33. The zero-order valence-corrected chi connectivity index (χ0v) is 19.7. The molecule has 2 fully saturated rings. The number of phenols is 1. The fourth-order valence-corrected chi connectivity index (χ4v) is 4.68. The maximum Gasteiger partial charge on any atom is 0.332 e. The Bertz CT molecular complexity index is 965. The molecule has 1 saturated heterocycles. The number of nitrogens with one attached hydrogen (secondary N) is 2. The number of benzene rings is 1. The van der Waals surface area contributed by atoms with Gasteiger partial charge >= 0.3 is 11.9 Å². The number of cyclic esters (lactones) is 2. The molecule has 3 rings (SSSR count). The van der Waals surface area contributed by atoms with Crippen LogP contribution in [0.4, 0.5) is 10.1 Å². The number of carbonyl (C=O) groups excluding carboxylic acids is 4. The zero-order chi connectivity index (χ0) is 25.7. The summed E-state index contributed by atoms with van der Waals surface area (Å²) in [7, 11) is 0. The lowest BCUT2D eigenvalue weighted by atomic mass is 9.80. The third-order valence-electron chi connectivity index (χ3n) is 6.66. The van der Waals surface area contributed by atoms with Gasteiger partial charge in [0, 0.05) is 6.07 Å². The molecule has 1 aromatic carbocycles. The summed E-state index contributed by atoms with van der Waals surface area (Å²) in [6.45, 7) is 2.84. The number of anilines is 1. The van der Waals surface area contributed by atoms with Gasteiger partial charge in [0.05, 0.1) is 17.2 Å². The van der Waals surface area contributed by atoms with Crippen LogP contribution < -0.4 is 10.6 Å². The second-order valence-electron chi connectivity index (χ2n) is 9.18.